The van der Waals surface area contributed by atoms with Crippen molar-refractivity contribution in [3.8, 4) is 0 Å². The predicted molar refractivity (Wildman–Crippen MR) is 108 cm³/mol. The molecule has 0 aliphatic heterocycles. The lowest BCUT2D eigenvalue weighted by atomic mass is 10.1. The molecular formula is C16H43N3O2Si2. The Labute approximate surface area is 149 Å². The first-order valence-corrected chi connectivity index (χ1v) is 12.8. The highest BCUT2D eigenvalue weighted by molar-refractivity contribution is 6.71. The van der Waals surface area contributed by atoms with Crippen LogP contribution in [0, 0.1) is 0 Å². The van der Waals surface area contributed by atoms with E-state index in [9.17, 15) is 0 Å². The minimum atomic E-state index is -1.30. The van der Waals surface area contributed by atoms with Crippen LogP contribution in [0.4, 0.5) is 0 Å². The monoisotopic (exact) mass is 365 g/mol. The molecule has 0 aliphatic carbocycles. The SMILES string of the molecule is CCN(CC)[Si](C)(C)N(CC)CC.COC(C)C(C)(N[SiH3])OC. The Balaban J connectivity index is 0. The maximum absolute atomic E-state index is 5.24. The molecule has 0 aliphatic rings. The fourth-order valence-electron chi connectivity index (χ4n) is 2.89. The molecule has 0 rings (SSSR count). The zero-order chi connectivity index (χ0) is 18.7. The van der Waals surface area contributed by atoms with Gasteiger partial charge in [0.2, 0.25) is 0 Å². The third kappa shape index (κ3) is 7.77. The van der Waals surface area contributed by atoms with E-state index in [0.717, 1.165) is 10.4 Å². The third-order valence-electron chi connectivity index (χ3n) is 5.12. The van der Waals surface area contributed by atoms with Gasteiger partial charge in [-0.1, -0.05) is 27.7 Å². The van der Waals surface area contributed by atoms with Crippen molar-refractivity contribution >= 4 is 18.8 Å². The number of methoxy groups -OCH3 is 2. The standard InChI is InChI=1S/C10H26N2Si.C6H17NO2Si/c1-7-11(8-2)13(5,6)12(9-3)10-4;1-5(8-3)6(2,7-10)9-4/h7-10H2,1-6H3;5,7H,1-4,10H3. The molecular weight excluding hydrogens is 322 g/mol. The second kappa shape index (κ2) is 12.6. The van der Waals surface area contributed by atoms with Crippen LogP contribution in [0.2, 0.25) is 13.1 Å². The second-order valence-electron chi connectivity index (χ2n) is 6.28. The predicted octanol–water partition coefficient (Wildman–Crippen LogP) is 1.63. The number of nitrogens with one attached hydrogen (secondary N) is 1. The van der Waals surface area contributed by atoms with Crippen molar-refractivity contribution in [2.24, 2.45) is 0 Å². The Morgan fingerprint density at radius 3 is 1.48 bits per heavy atom. The lowest BCUT2D eigenvalue weighted by molar-refractivity contribution is -0.105. The number of nitrogens with zero attached hydrogens (tertiary/aromatic N) is 2. The van der Waals surface area contributed by atoms with Crippen LogP contribution in [0.5, 0.6) is 0 Å². The molecule has 142 valence electrons. The average molecular weight is 366 g/mol. The molecule has 0 aromatic carbocycles. The van der Waals surface area contributed by atoms with Gasteiger partial charge in [0.05, 0.1) is 16.5 Å². The van der Waals surface area contributed by atoms with Crippen LogP contribution < -0.4 is 4.98 Å². The Morgan fingerprint density at radius 2 is 1.35 bits per heavy atom. The molecule has 0 heterocycles. The first-order chi connectivity index (χ1) is 10.6. The minimum absolute atomic E-state index is 0.0787. The Hall–Kier alpha value is 0.234. The van der Waals surface area contributed by atoms with Crippen molar-refractivity contribution < 1.29 is 9.47 Å². The molecule has 1 N–H and O–H groups in total. The summed E-state index contributed by atoms with van der Waals surface area (Å²) in [5.74, 6) is 0. The summed E-state index contributed by atoms with van der Waals surface area (Å²) in [5, 5.41) is 0. The highest BCUT2D eigenvalue weighted by Gasteiger charge is 2.32. The molecule has 0 amide bonds. The van der Waals surface area contributed by atoms with E-state index in [1.165, 1.54) is 26.2 Å². The van der Waals surface area contributed by atoms with E-state index in [1.54, 1.807) is 14.2 Å². The molecule has 23 heavy (non-hydrogen) atoms. The van der Waals surface area contributed by atoms with E-state index >= 15 is 0 Å². The van der Waals surface area contributed by atoms with Crippen molar-refractivity contribution in [1.29, 1.82) is 0 Å². The van der Waals surface area contributed by atoms with Crippen molar-refractivity contribution in [2.45, 2.75) is 66.5 Å². The summed E-state index contributed by atoms with van der Waals surface area (Å²) in [6, 6.07) is 0. The van der Waals surface area contributed by atoms with Gasteiger partial charge in [-0.2, -0.15) is 0 Å². The fourth-order valence-corrected chi connectivity index (χ4v) is 7.00. The molecule has 2 atom stereocenters. The molecule has 0 radical (unpaired) electrons. The molecule has 0 spiro atoms. The van der Waals surface area contributed by atoms with Gasteiger partial charge in [0, 0.05) is 14.2 Å². The zero-order valence-corrected chi connectivity index (χ0v) is 20.6. The summed E-state index contributed by atoms with van der Waals surface area (Å²) < 4.78 is 15.6. The summed E-state index contributed by atoms with van der Waals surface area (Å²) >= 11 is 0. The van der Waals surface area contributed by atoms with Crippen LogP contribution in [0.1, 0.15) is 41.5 Å². The fraction of sp³-hybridized carbons (Fsp3) is 1.00. The van der Waals surface area contributed by atoms with Gasteiger partial charge in [-0.25, -0.2) is 0 Å². The number of ether oxygens (including phenoxy) is 2. The molecule has 7 heteroatoms. The second-order valence-corrected chi connectivity index (χ2v) is 11.0. The summed E-state index contributed by atoms with van der Waals surface area (Å²) in [4.78, 5) is 3.17. The van der Waals surface area contributed by atoms with E-state index in [1.807, 2.05) is 13.8 Å². The molecule has 0 saturated heterocycles. The van der Waals surface area contributed by atoms with Crippen molar-refractivity contribution in [3.63, 3.8) is 0 Å². The molecule has 2 unspecified atom stereocenters. The van der Waals surface area contributed by atoms with Crippen LogP contribution in [0.15, 0.2) is 0 Å². The quantitative estimate of drug-likeness (QED) is 0.470. The Morgan fingerprint density at radius 1 is 1.00 bits per heavy atom. The Kier molecular flexibility index (Phi) is 13.9. The molecule has 0 aromatic rings. The van der Waals surface area contributed by atoms with Gasteiger partial charge in [-0.15, -0.1) is 0 Å². The highest BCUT2D eigenvalue weighted by atomic mass is 28.3. The number of rotatable bonds is 10. The lowest BCUT2D eigenvalue weighted by Crippen LogP contribution is -2.61. The maximum atomic E-state index is 5.24. The van der Waals surface area contributed by atoms with Gasteiger partial charge >= 0.3 is 0 Å². The highest BCUT2D eigenvalue weighted by Crippen LogP contribution is 2.14. The van der Waals surface area contributed by atoms with Crippen LogP contribution in [0.3, 0.4) is 0 Å². The minimum Gasteiger partial charge on any atom is -0.377 e. The van der Waals surface area contributed by atoms with Gasteiger partial charge in [-0.3, -0.25) is 0 Å². The largest absolute Gasteiger partial charge is 0.377 e. The van der Waals surface area contributed by atoms with E-state index in [-0.39, 0.29) is 11.8 Å². The molecule has 0 aromatic heterocycles. The van der Waals surface area contributed by atoms with E-state index in [0.29, 0.717) is 0 Å². The van der Waals surface area contributed by atoms with E-state index in [4.69, 9.17) is 9.47 Å². The average Bonchev–Trinajstić information content (AvgIpc) is 2.55. The van der Waals surface area contributed by atoms with Crippen LogP contribution in [0.25, 0.3) is 0 Å². The molecule has 0 saturated carbocycles. The van der Waals surface area contributed by atoms with E-state index < -0.39 is 8.40 Å². The first-order valence-electron chi connectivity index (χ1n) is 8.91. The number of hydrogen-bond donors (Lipinski definition) is 1. The van der Waals surface area contributed by atoms with Crippen LogP contribution in [-0.2, 0) is 9.47 Å². The van der Waals surface area contributed by atoms with Gasteiger partial charge < -0.3 is 23.6 Å². The maximum Gasteiger partial charge on any atom is 0.200 e. The number of hydrogen-bond acceptors (Lipinski definition) is 5. The third-order valence-corrected chi connectivity index (χ3v) is 10.5. The normalized spacial score (nSPS) is 16.2. The van der Waals surface area contributed by atoms with Crippen molar-refractivity contribution in [2.75, 3.05) is 40.4 Å². The van der Waals surface area contributed by atoms with Crippen LogP contribution in [-0.4, -0.2) is 80.2 Å². The summed E-state index contributed by atoms with van der Waals surface area (Å²) in [6.07, 6.45) is 0.0787. The van der Waals surface area contributed by atoms with Crippen LogP contribution >= 0.6 is 0 Å². The molecule has 5 nitrogen and oxygen atoms in total. The lowest BCUT2D eigenvalue weighted by Gasteiger charge is -2.43. The Bertz CT molecular complexity index is 268. The van der Waals surface area contributed by atoms with Gasteiger partial charge in [0.25, 0.3) is 0 Å². The smallest absolute Gasteiger partial charge is 0.200 e. The molecule has 0 fully saturated rings. The van der Waals surface area contributed by atoms with E-state index in [2.05, 4.69) is 54.9 Å². The van der Waals surface area contributed by atoms with Crippen molar-refractivity contribution in [1.82, 2.24) is 14.1 Å². The summed E-state index contributed by atoms with van der Waals surface area (Å²) in [7, 11) is 2.97. The van der Waals surface area contributed by atoms with Gasteiger partial charge in [0.1, 0.15) is 5.72 Å². The summed E-state index contributed by atoms with van der Waals surface area (Å²) in [5.41, 5.74) is -0.318. The topological polar surface area (TPSA) is 37.0 Å². The first kappa shape index (κ1) is 25.5. The zero-order valence-electron chi connectivity index (χ0n) is 17.6. The van der Waals surface area contributed by atoms with Gasteiger partial charge in [0.15, 0.2) is 8.40 Å². The molecule has 0 bridgehead atoms. The van der Waals surface area contributed by atoms with Crippen molar-refractivity contribution in [3.05, 3.63) is 0 Å². The van der Waals surface area contributed by atoms with Gasteiger partial charge in [-0.05, 0) is 53.1 Å². The summed E-state index contributed by atoms with van der Waals surface area (Å²) in [6.45, 7) is 22.7.